The van der Waals surface area contributed by atoms with E-state index in [1.165, 1.54) is 0 Å². The fraction of sp³-hybridized carbons (Fsp3) is 0.500. The predicted octanol–water partition coefficient (Wildman–Crippen LogP) is 1.04. The second-order valence-corrected chi connectivity index (χ2v) is 5.20. The van der Waals surface area contributed by atoms with E-state index in [-0.39, 0.29) is 22.4 Å². The van der Waals surface area contributed by atoms with E-state index in [2.05, 4.69) is 16.0 Å². The molecule has 1 fully saturated rings. The minimum absolute atomic E-state index is 0.0788. The second kappa shape index (κ2) is 7.03. The fourth-order valence-corrected chi connectivity index (χ4v) is 2.08. The Balaban J connectivity index is 1.73. The van der Waals surface area contributed by atoms with Gasteiger partial charge < -0.3 is 16.0 Å². The summed E-state index contributed by atoms with van der Waals surface area (Å²) in [6, 6.07) is 5.10. The van der Waals surface area contributed by atoms with Crippen molar-refractivity contribution in [2.75, 3.05) is 31.5 Å². The average molecular weight is 292 g/mol. The highest BCUT2D eigenvalue weighted by molar-refractivity contribution is 5.79. The number of nitrogens with one attached hydrogen (secondary N) is 3. The SMILES string of the molecule is Cc1ccc(NCCCNC(=O)C2CNC2)c([N+](=O)[O-])c1. The third-order valence-electron chi connectivity index (χ3n) is 3.47. The van der Waals surface area contributed by atoms with Gasteiger partial charge in [0.1, 0.15) is 5.69 Å². The minimum Gasteiger partial charge on any atom is -0.379 e. The van der Waals surface area contributed by atoms with E-state index in [1.54, 1.807) is 12.1 Å². The molecule has 0 bridgehead atoms. The molecule has 0 aliphatic carbocycles. The number of hydrogen-bond donors (Lipinski definition) is 3. The van der Waals surface area contributed by atoms with Crippen LogP contribution in [0.25, 0.3) is 0 Å². The maximum atomic E-state index is 11.6. The molecule has 1 aromatic carbocycles. The highest BCUT2D eigenvalue weighted by Gasteiger charge is 2.24. The lowest BCUT2D eigenvalue weighted by Gasteiger charge is -2.25. The van der Waals surface area contributed by atoms with Crippen molar-refractivity contribution in [1.29, 1.82) is 0 Å². The lowest BCUT2D eigenvalue weighted by Crippen LogP contribution is -2.50. The predicted molar refractivity (Wildman–Crippen MR) is 80.3 cm³/mol. The van der Waals surface area contributed by atoms with Crippen LogP contribution in [0.5, 0.6) is 0 Å². The van der Waals surface area contributed by atoms with Crippen LogP contribution in [0, 0.1) is 23.0 Å². The highest BCUT2D eigenvalue weighted by atomic mass is 16.6. The van der Waals surface area contributed by atoms with Gasteiger partial charge in [0.05, 0.1) is 10.8 Å². The number of rotatable bonds is 7. The standard InChI is InChI=1S/C14H20N4O3/c1-10-3-4-12(13(7-10)18(20)21)16-5-2-6-17-14(19)11-8-15-9-11/h3-4,7,11,15-16H,2,5-6,8-9H2,1H3,(H,17,19). The maximum absolute atomic E-state index is 11.6. The monoisotopic (exact) mass is 292 g/mol. The smallest absolute Gasteiger partial charge is 0.292 e. The second-order valence-electron chi connectivity index (χ2n) is 5.20. The van der Waals surface area contributed by atoms with Gasteiger partial charge in [0.2, 0.25) is 5.91 Å². The van der Waals surface area contributed by atoms with Crippen LogP contribution in [0.4, 0.5) is 11.4 Å². The molecule has 3 N–H and O–H groups in total. The summed E-state index contributed by atoms with van der Waals surface area (Å²) in [6.45, 7) is 4.47. The quantitative estimate of drug-likeness (QED) is 0.396. The van der Waals surface area contributed by atoms with E-state index in [9.17, 15) is 14.9 Å². The van der Waals surface area contributed by atoms with Crippen LogP contribution < -0.4 is 16.0 Å². The van der Waals surface area contributed by atoms with E-state index in [1.807, 2.05) is 13.0 Å². The van der Waals surface area contributed by atoms with E-state index < -0.39 is 0 Å². The molecule has 0 saturated carbocycles. The molecule has 0 spiro atoms. The number of anilines is 1. The van der Waals surface area contributed by atoms with Crippen molar-refractivity contribution in [2.24, 2.45) is 5.92 Å². The van der Waals surface area contributed by atoms with Crippen molar-refractivity contribution in [2.45, 2.75) is 13.3 Å². The zero-order chi connectivity index (χ0) is 15.2. The molecule has 1 aromatic rings. The molecule has 7 heteroatoms. The third kappa shape index (κ3) is 4.16. The Labute approximate surface area is 123 Å². The van der Waals surface area contributed by atoms with Gasteiger partial charge in [-0.05, 0) is 25.0 Å². The van der Waals surface area contributed by atoms with Crippen molar-refractivity contribution < 1.29 is 9.72 Å². The molecule has 0 aromatic heterocycles. The topological polar surface area (TPSA) is 96.3 Å². The summed E-state index contributed by atoms with van der Waals surface area (Å²) in [5, 5.41) is 19.9. The van der Waals surface area contributed by atoms with E-state index in [4.69, 9.17) is 0 Å². The summed E-state index contributed by atoms with van der Waals surface area (Å²) in [5.41, 5.74) is 1.45. The number of hydrogen-bond acceptors (Lipinski definition) is 5. The van der Waals surface area contributed by atoms with Gasteiger partial charge in [-0.1, -0.05) is 6.07 Å². The van der Waals surface area contributed by atoms with Crippen molar-refractivity contribution >= 4 is 17.3 Å². The number of nitrogens with zero attached hydrogens (tertiary/aromatic N) is 1. The molecule has 1 amide bonds. The van der Waals surface area contributed by atoms with Crippen molar-refractivity contribution in [3.8, 4) is 0 Å². The van der Waals surface area contributed by atoms with Crippen LogP contribution in [0.15, 0.2) is 18.2 Å². The van der Waals surface area contributed by atoms with Gasteiger partial charge in [-0.15, -0.1) is 0 Å². The summed E-state index contributed by atoms with van der Waals surface area (Å²) < 4.78 is 0. The Hall–Kier alpha value is -2.15. The third-order valence-corrected chi connectivity index (χ3v) is 3.47. The Morgan fingerprint density at radius 2 is 2.19 bits per heavy atom. The summed E-state index contributed by atoms with van der Waals surface area (Å²) >= 11 is 0. The summed E-state index contributed by atoms with van der Waals surface area (Å²) in [6.07, 6.45) is 0.719. The molecular formula is C14H20N4O3. The van der Waals surface area contributed by atoms with Gasteiger partial charge in [-0.25, -0.2) is 0 Å². The van der Waals surface area contributed by atoms with E-state index in [0.717, 1.165) is 25.1 Å². The molecule has 1 aliphatic rings. The number of nitro benzene ring substituents is 1. The van der Waals surface area contributed by atoms with Crippen LogP contribution >= 0.6 is 0 Å². The molecule has 1 heterocycles. The molecule has 0 unspecified atom stereocenters. The Kier molecular flexibility index (Phi) is 5.10. The number of carbonyl (C=O) groups excluding carboxylic acids is 1. The summed E-state index contributed by atoms with van der Waals surface area (Å²) in [5.74, 6) is 0.172. The number of amides is 1. The number of carbonyl (C=O) groups is 1. The van der Waals surface area contributed by atoms with Crippen molar-refractivity contribution in [3.05, 3.63) is 33.9 Å². The number of nitro groups is 1. The summed E-state index contributed by atoms with van der Waals surface area (Å²) in [7, 11) is 0. The van der Waals surface area contributed by atoms with Crippen LogP contribution in [-0.4, -0.2) is 37.0 Å². The van der Waals surface area contributed by atoms with Crippen LogP contribution in [-0.2, 0) is 4.79 Å². The number of aryl methyl sites for hydroxylation is 1. The lowest BCUT2D eigenvalue weighted by atomic mass is 10.0. The molecule has 1 saturated heterocycles. The van der Waals surface area contributed by atoms with Gasteiger partial charge >= 0.3 is 0 Å². The van der Waals surface area contributed by atoms with Crippen LogP contribution in [0.3, 0.4) is 0 Å². The molecule has 1 aliphatic heterocycles. The molecule has 7 nitrogen and oxygen atoms in total. The Morgan fingerprint density at radius 3 is 2.81 bits per heavy atom. The van der Waals surface area contributed by atoms with E-state index in [0.29, 0.717) is 18.8 Å². The van der Waals surface area contributed by atoms with Crippen LogP contribution in [0.2, 0.25) is 0 Å². The van der Waals surface area contributed by atoms with Crippen molar-refractivity contribution in [3.63, 3.8) is 0 Å². The lowest BCUT2D eigenvalue weighted by molar-refractivity contribution is -0.384. The molecule has 2 rings (SSSR count). The zero-order valence-corrected chi connectivity index (χ0v) is 12.0. The Morgan fingerprint density at radius 1 is 1.43 bits per heavy atom. The normalized spacial score (nSPS) is 14.3. The molecular weight excluding hydrogens is 272 g/mol. The maximum Gasteiger partial charge on any atom is 0.292 e. The van der Waals surface area contributed by atoms with E-state index >= 15 is 0 Å². The zero-order valence-electron chi connectivity index (χ0n) is 12.0. The highest BCUT2D eigenvalue weighted by Crippen LogP contribution is 2.25. The van der Waals surface area contributed by atoms with Gasteiger partial charge in [-0.3, -0.25) is 14.9 Å². The van der Waals surface area contributed by atoms with Gasteiger partial charge in [-0.2, -0.15) is 0 Å². The largest absolute Gasteiger partial charge is 0.379 e. The average Bonchev–Trinajstić information content (AvgIpc) is 2.37. The minimum atomic E-state index is -0.388. The molecule has 0 atom stereocenters. The molecule has 114 valence electrons. The van der Waals surface area contributed by atoms with Gasteiger partial charge in [0.25, 0.3) is 5.69 Å². The first kappa shape index (κ1) is 15.2. The summed E-state index contributed by atoms with van der Waals surface area (Å²) in [4.78, 5) is 22.2. The van der Waals surface area contributed by atoms with Crippen LogP contribution in [0.1, 0.15) is 12.0 Å². The number of benzene rings is 1. The molecule has 0 radical (unpaired) electrons. The van der Waals surface area contributed by atoms with Crippen molar-refractivity contribution in [1.82, 2.24) is 10.6 Å². The van der Waals surface area contributed by atoms with Gasteiger partial charge in [0, 0.05) is 32.2 Å². The molecule has 21 heavy (non-hydrogen) atoms. The fourth-order valence-electron chi connectivity index (χ4n) is 2.08. The first-order valence-electron chi connectivity index (χ1n) is 7.05. The first-order valence-corrected chi connectivity index (χ1v) is 7.05. The van der Waals surface area contributed by atoms with Gasteiger partial charge in [0.15, 0.2) is 0 Å². The first-order chi connectivity index (χ1) is 10.1. The Bertz CT molecular complexity index is 529.